The number of hydrogen-bond donors (Lipinski definition) is 1. The number of anilines is 1. The molecule has 27 heavy (non-hydrogen) atoms. The molecule has 1 aromatic carbocycles. The fraction of sp³-hybridized carbons (Fsp3) is 0.0625. The van der Waals surface area contributed by atoms with E-state index in [0.29, 0.717) is 5.82 Å². The second-order valence-electron chi connectivity index (χ2n) is 5.20. The molecule has 0 aliphatic heterocycles. The molecular formula is C16H11BrClN5O4. The van der Waals surface area contributed by atoms with Crippen molar-refractivity contribution in [2.45, 2.75) is 6.73 Å². The largest absolute Gasteiger partial charge is 0.470 e. The molecule has 0 unspecified atom stereocenters. The van der Waals surface area contributed by atoms with Crippen LogP contribution in [0.3, 0.4) is 0 Å². The molecule has 3 aromatic rings. The van der Waals surface area contributed by atoms with Gasteiger partial charge in [0.25, 0.3) is 11.6 Å². The summed E-state index contributed by atoms with van der Waals surface area (Å²) in [5, 5.41) is 17.5. The van der Waals surface area contributed by atoms with E-state index in [4.69, 9.17) is 16.3 Å². The third-order valence-electron chi connectivity index (χ3n) is 3.32. The number of carbonyl (C=O) groups excluding carboxylic acids is 1. The molecule has 0 atom stereocenters. The minimum Gasteiger partial charge on any atom is -0.470 e. The van der Waals surface area contributed by atoms with Crippen LogP contribution in [-0.2, 0) is 6.73 Å². The first-order chi connectivity index (χ1) is 12.9. The smallest absolute Gasteiger partial charge is 0.277 e. The van der Waals surface area contributed by atoms with Gasteiger partial charge in [-0.2, -0.15) is 5.10 Å². The molecule has 2 aromatic heterocycles. The molecule has 1 N–H and O–H groups in total. The number of rotatable bonds is 6. The Kier molecular flexibility index (Phi) is 5.67. The maximum absolute atomic E-state index is 12.2. The van der Waals surface area contributed by atoms with E-state index in [1.165, 1.54) is 28.9 Å². The average Bonchev–Trinajstić information content (AvgIpc) is 3.11. The van der Waals surface area contributed by atoms with E-state index in [2.05, 4.69) is 31.3 Å². The molecule has 0 spiro atoms. The molecule has 0 radical (unpaired) electrons. The van der Waals surface area contributed by atoms with Gasteiger partial charge in [-0.1, -0.05) is 11.6 Å². The summed E-state index contributed by atoms with van der Waals surface area (Å²) in [6.45, 7) is -0.0264. The van der Waals surface area contributed by atoms with E-state index < -0.39 is 10.8 Å². The molecule has 0 aliphatic rings. The average molecular weight is 453 g/mol. The fourth-order valence-electron chi connectivity index (χ4n) is 2.04. The van der Waals surface area contributed by atoms with Crippen molar-refractivity contribution in [3.8, 4) is 5.75 Å². The summed E-state index contributed by atoms with van der Waals surface area (Å²) in [4.78, 5) is 26.4. The van der Waals surface area contributed by atoms with Crippen LogP contribution in [0.5, 0.6) is 5.75 Å². The Labute approximate surface area is 166 Å². The van der Waals surface area contributed by atoms with Crippen LogP contribution in [0.2, 0.25) is 5.02 Å². The monoisotopic (exact) mass is 451 g/mol. The summed E-state index contributed by atoms with van der Waals surface area (Å²) in [5.41, 5.74) is 0.0464. The first-order valence-corrected chi connectivity index (χ1v) is 8.62. The van der Waals surface area contributed by atoms with E-state index in [-0.39, 0.29) is 28.9 Å². The number of nitrogens with one attached hydrogen (secondary N) is 1. The van der Waals surface area contributed by atoms with E-state index in [1.807, 2.05) is 0 Å². The summed E-state index contributed by atoms with van der Waals surface area (Å²) in [7, 11) is 0. The lowest BCUT2D eigenvalue weighted by molar-refractivity contribution is -0.384. The maximum Gasteiger partial charge on any atom is 0.277 e. The van der Waals surface area contributed by atoms with Gasteiger partial charge in [0.1, 0.15) is 11.6 Å². The van der Waals surface area contributed by atoms with Crippen LogP contribution in [0, 0.1) is 10.1 Å². The molecule has 1 amide bonds. The Morgan fingerprint density at radius 2 is 2.15 bits per heavy atom. The van der Waals surface area contributed by atoms with Gasteiger partial charge in [0, 0.05) is 29.0 Å². The number of halogens is 2. The van der Waals surface area contributed by atoms with Gasteiger partial charge < -0.3 is 10.1 Å². The highest BCUT2D eigenvalue weighted by Crippen LogP contribution is 2.28. The lowest BCUT2D eigenvalue weighted by Crippen LogP contribution is -2.15. The van der Waals surface area contributed by atoms with Crippen molar-refractivity contribution in [1.29, 1.82) is 0 Å². The summed E-state index contributed by atoms with van der Waals surface area (Å²) in [6.07, 6.45) is 3.12. The zero-order chi connectivity index (χ0) is 19.4. The summed E-state index contributed by atoms with van der Waals surface area (Å²) >= 11 is 9.23. The highest BCUT2D eigenvalue weighted by molar-refractivity contribution is 9.10. The van der Waals surface area contributed by atoms with Crippen molar-refractivity contribution >= 4 is 44.9 Å². The van der Waals surface area contributed by atoms with Gasteiger partial charge in [-0.15, -0.1) is 0 Å². The minimum atomic E-state index is -0.547. The van der Waals surface area contributed by atoms with E-state index >= 15 is 0 Å². The van der Waals surface area contributed by atoms with E-state index in [9.17, 15) is 14.9 Å². The molecule has 2 heterocycles. The number of amides is 1. The molecular weight excluding hydrogens is 442 g/mol. The van der Waals surface area contributed by atoms with Crippen LogP contribution in [0.1, 0.15) is 10.5 Å². The summed E-state index contributed by atoms with van der Waals surface area (Å²) < 4.78 is 7.67. The quantitative estimate of drug-likeness (QED) is 0.448. The van der Waals surface area contributed by atoms with E-state index in [1.54, 1.807) is 24.5 Å². The van der Waals surface area contributed by atoms with Crippen molar-refractivity contribution in [1.82, 2.24) is 14.8 Å². The third-order valence-corrected chi connectivity index (χ3v) is 4.09. The second-order valence-corrected chi connectivity index (χ2v) is 6.52. The lowest BCUT2D eigenvalue weighted by atomic mass is 10.3. The first-order valence-electron chi connectivity index (χ1n) is 7.45. The standard InChI is InChI=1S/C16H11BrClN5O4/c17-10-1-4-15(19-8-10)20-16(24)13-5-6-22(21-13)9-27-14-3-2-11(23(25)26)7-12(14)18/h1-8H,9H2,(H,19,20,24). The number of nitrogens with zero attached hydrogens (tertiary/aromatic N) is 4. The zero-order valence-electron chi connectivity index (χ0n) is 13.5. The predicted molar refractivity (Wildman–Crippen MR) is 101 cm³/mol. The number of hydrogen-bond acceptors (Lipinski definition) is 6. The van der Waals surface area contributed by atoms with Crippen molar-refractivity contribution in [3.63, 3.8) is 0 Å². The molecule has 0 saturated carbocycles. The van der Waals surface area contributed by atoms with Crippen molar-refractivity contribution in [2.24, 2.45) is 0 Å². The first kappa shape index (κ1) is 18.8. The van der Waals surface area contributed by atoms with E-state index in [0.717, 1.165) is 4.47 Å². The van der Waals surface area contributed by atoms with Crippen molar-refractivity contribution in [2.75, 3.05) is 5.32 Å². The summed E-state index contributed by atoms with van der Waals surface area (Å²) in [6, 6.07) is 8.81. The zero-order valence-corrected chi connectivity index (χ0v) is 15.8. The number of nitro groups is 1. The number of nitro benzene ring substituents is 1. The van der Waals surface area contributed by atoms with Gasteiger partial charge in [-0.25, -0.2) is 9.67 Å². The molecule has 0 saturated heterocycles. The molecule has 3 rings (SSSR count). The van der Waals surface area contributed by atoms with Gasteiger partial charge in [-0.05, 0) is 40.2 Å². The van der Waals surface area contributed by atoms with Crippen LogP contribution in [0.25, 0.3) is 0 Å². The van der Waals surface area contributed by atoms with Gasteiger partial charge in [0.2, 0.25) is 0 Å². The van der Waals surface area contributed by atoms with Gasteiger partial charge in [0.15, 0.2) is 12.4 Å². The van der Waals surface area contributed by atoms with Gasteiger partial charge in [0.05, 0.1) is 9.95 Å². The van der Waals surface area contributed by atoms with Gasteiger partial charge in [-0.3, -0.25) is 14.9 Å². The Hall–Kier alpha value is -2.98. The molecule has 0 bridgehead atoms. The van der Waals surface area contributed by atoms with Crippen molar-refractivity contribution in [3.05, 3.63) is 74.1 Å². The van der Waals surface area contributed by atoms with Crippen LogP contribution in [0.4, 0.5) is 11.5 Å². The topological polar surface area (TPSA) is 112 Å². The second kappa shape index (κ2) is 8.14. The Bertz CT molecular complexity index is 993. The molecule has 138 valence electrons. The molecule has 11 heteroatoms. The van der Waals surface area contributed by atoms with Crippen LogP contribution >= 0.6 is 27.5 Å². The Morgan fingerprint density at radius 1 is 1.33 bits per heavy atom. The SMILES string of the molecule is O=C(Nc1ccc(Br)cn1)c1ccn(COc2ccc([N+](=O)[O-])cc2Cl)n1. The molecule has 9 nitrogen and oxygen atoms in total. The van der Waals surface area contributed by atoms with Gasteiger partial charge >= 0.3 is 0 Å². The molecule has 0 aliphatic carbocycles. The molecule has 0 fully saturated rings. The minimum absolute atomic E-state index is 0.0264. The number of non-ortho nitro benzene ring substituents is 1. The Morgan fingerprint density at radius 3 is 2.81 bits per heavy atom. The fourth-order valence-corrected chi connectivity index (χ4v) is 2.50. The van der Waals surface area contributed by atoms with Crippen LogP contribution in [0.15, 0.2) is 53.3 Å². The Balaban J connectivity index is 1.61. The highest BCUT2D eigenvalue weighted by Gasteiger charge is 2.13. The number of pyridine rings is 1. The number of carbonyl (C=O) groups is 1. The predicted octanol–water partition coefficient (Wildman–Crippen LogP) is 3.89. The number of ether oxygens (including phenoxy) is 1. The number of benzene rings is 1. The highest BCUT2D eigenvalue weighted by atomic mass is 79.9. The lowest BCUT2D eigenvalue weighted by Gasteiger charge is -2.07. The number of aromatic nitrogens is 3. The normalized spacial score (nSPS) is 10.4. The van der Waals surface area contributed by atoms with Crippen LogP contribution < -0.4 is 10.1 Å². The third kappa shape index (κ3) is 4.80. The van der Waals surface area contributed by atoms with Crippen LogP contribution in [-0.4, -0.2) is 25.6 Å². The maximum atomic E-state index is 12.2. The summed E-state index contributed by atoms with van der Waals surface area (Å²) in [5.74, 6) is 0.242. The van der Waals surface area contributed by atoms with Crippen molar-refractivity contribution < 1.29 is 14.5 Å².